The van der Waals surface area contributed by atoms with E-state index >= 15 is 0 Å². The fourth-order valence-corrected chi connectivity index (χ4v) is 2.18. The van der Waals surface area contributed by atoms with Gasteiger partial charge in [-0.2, -0.15) is 0 Å². The molecule has 1 heterocycles. The highest BCUT2D eigenvalue weighted by Gasteiger charge is 2.06. The molecular weight excluding hydrogens is 299 g/mol. The van der Waals surface area contributed by atoms with Gasteiger partial charge in [-0.3, -0.25) is 0 Å². The number of benzene rings is 1. The minimum absolute atomic E-state index is 0.255. The lowest BCUT2D eigenvalue weighted by Gasteiger charge is -2.17. The molecule has 6 heteroatoms. The maximum atomic E-state index is 13.5. The van der Waals surface area contributed by atoms with E-state index < -0.39 is 0 Å². The fraction of sp³-hybridized carbons (Fsp3) is 0.250. The van der Waals surface area contributed by atoms with E-state index in [2.05, 4.69) is 15.6 Å². The van der Waals surface area contributed by atoms with Crippen molar-refractivity contribution in [1.29, 1.82) is 0 Å². The minimum Gasteiger partial charge on any atom is -0.362 e. The quantitative estimate of drug-likeness (QED) is 0.848. The van der Waals surface area contributed by atoms with Crippen LogP contribution in [0.25, 0.3) is 0 Å². The van der Waals surface area contributed by atoms with Crippen molar-refractivity contribution >= 4 is 28.8 Å². The van der Waals surface area contributed by atoms with Crippen molar-refractivity contribution in [3.8, 4) is 0 Å². The Bertz CT molecular complexity index is 673. The van der Waals surface area contributed by atoms with E-state index in [9.17, 15) is 4.39 Å². The SMILES string of the molecule is Cc1ccc(NC(=S)NCc2cccnc2N(C)C)cc1F. The van der Waals surface area contributed by atoms with Crippen LogP contribution >= 0.6 is 12.2 Å². The average molecular weight is 318 g/mol. The van der Waals surface area contributed by atoms with Crippen LogP contribution in [0.4, 0.5) is 15.9 Å². The summed E-state index contributed by atoms with van der Waals surface area (Å²) in [4.78, 5) is 6.28. The van der Waals surface area contributed by atoms with Crippen molar-refractivity contribution in [2.75, 3.05) is 24.3 Å². The van der Waals surface area contributed by atoms with Gasteiger partial charge in [0.25, 0.3) is 0 Å². The van der Waals surface area contributed by atoms with Crippen LogP contribution in [0, 0.1) is 12.7 Å². The van der Waals surface area contributed by atoms with Crippen molar-refractivity contribution in [3.05, 3.63) is 53.5 Å². The summed E-state index contributed by atoms with van der Waals surface area (Å²) in [5.41, 5.74) is 2.27. The van der Waals surface area contributed by atoms with Crippen LogP contribution in [0.2, 0.25) is 0 Å². The van der Waals surface area contributed by atoms with Gasteiger partial charge >= 0.3 is 0 Å². The summed E-state index contributed by atoms with van der Waals surface area (Å²) in [5, 5.41) is 6.52. The fourth-order valence-electron chi connectivity index (χ4n) is 1.99. The van der Waals surface area contributed by atoms with Crippen LogP contribution in [-0.2, 0) is 6.54 Å². The molecule has 2 rings (SSSR count). The van der Waals surface area contributed by atoms with Gasteiger partial charge in [0.2, 0.25) is 0 Å². The molecule has 0 bridgehead atoms. The first-order valence-electron chi connectivity index (χ1n) is 6.89. The minimum atomic E-state index is -0.255. The zero-order valence-corrected chi connectivity index (χ0v) is 13.7. The van der Waals surface area contributed by atoms with Gasteiger partial charge in [-0.25, -0.2) is 9.37 Å². The summed E-state index contributed by atoms with van der Waals surface area (Å²) in [5.74, 6) is 0.633. The maximum Gasteiger partial charge on any atom is 0.171 e. The van der Waals surface area contributed by atoms with Gasteiger partial charge in [0.05, 0.1) is 0 Å². The monoisotopic (exact) mass is 318 g/mol. The second-order valence-corrected chi connectivity index (χ2v) is 5.56. The first kappa shape index (κ1) is 16.2. The van der Waals surface area contributed by atoms with Gasteiger partial charge in [-0.1, -0.05) is 12.1 Å². The van der Waals surface area contributed by atoms with E-state index in [0.29, 0.717) is 22.9 Å². The lowest BCUT2D eigenvalue weighted by molar-refractivity contribution is 0.619. The zero-order chi connectivity index (χ0) is 16.1. The number of aromatic nitrogens is 1. The van der Waals surface area contributed by atoms with E-state index in [1.807, 2.05) is 31.1 Å². The molecule has 0 fully saturated rings. The van der Waals surface area contributed by atoms with Crippen LogP contribution < -0.4 is 15.5 Å². The van der Waals surface area contributed by atoms with Gasteiger partial charge in [-0.15, -0.1) is 0 Å². The van der Waals surface area contributed by atoms with Crippen molar-refractivity contribution in [2.24, 2.45) is 0 Å². The second kappa shape index (κ2) is 7.17. The zero-order valence-electron chi connectivity index (χ0n) is 12.9. The molecule has 1 aromatic heterocycles. The van der Waals surface area contributed by atoms with Gasteiger partial charge in [-0.05, 0) is 42.9 Å². The van der Waals surface area contributed by atoms with E-state index in [-0.39, 0.29) is 5.82 Å². The molecule has 0 radical (unpaired) electrons. The molecular formula is C16H19FN4S. The van der Waals surface area contributed by atoms with E-state index in [1.54, 1.807) is 25.3 Å². The van der Waals surface area contributed by atoms with Crippen LogP contribution in [-0.4, -0.2) is 24.2 Å². The summed E-state index contributed by atoms with van der Waals surface area (Å²) in [6, 6.07) is 8.81. The van der Waals surface area contributed by atoms with Gasteiger partial charge < -0.3 is 15.5 Å². The molecule has 22 heavy (non-hydrogen) atoms. The summed E-state index contributed by atoms with van der Waals surface area (Å²) in [6.07, 6.45) is 1.75. The Labute approximate surface area is 135 Å². The number of hydrogen-bond acceptors (Lipinski definition) is 3. The summed E-state index contributed by atoms with van der Waals surface area (Å²) < 4.78 is 13.5. The smallest absolute Gasteiger partial charge is 0.171 e. The number of aryl methyl sites for hydroxylation is 1. The molecule has 0 spiro atoms. The normalized spacial score (nSPS) is 10.2. The third kappa shape index (κ3) is 4.14. The molecule has 0 saturated carbocycles. The third-order valence-electron chi connectivity index (χ3n) is 3.16. The highest BCUT2D eigenvalue weighted by molar-refractivity contribution is 7.80. The Morgan fingerprint density at radius 3 is 2.77 bits per heavy atom. The number of rotatable bonds is 4. The van der Waals surface area contributed by atoms with Crippen molar-refractivity contribution < 1.29 is 4.39 Å². The van der Waals surface area contributed by atoms with Gasteiger partial charge in [0.1, 0.15) is 11.6 Å². The lowest BCUT2D eigenvalue weighted by atomic mass is 10.2. The number of nitrogens with one attached hydrogen (secondary N) is 2. The van der Waals surface area contributed by atoms with E-state index in [4.69, 9.17) is 12.2 Å². The maximum absolute atomic E-state index is 13.5. The number of nitrogens with zero attached hydrogens (tertiary/aromatic N) is 2. The Balaban J connectivity index is 1.97. The summed E-state index contributed by atoms with van der Waals surface area (Å²) in [6.45, 7) is 2.27. The summed E-state index contributed by atoms with van der Waals surface area (Å²) in [7, 11) is 3.88. The highest BCUT2D eigenvalue weighted by atomic mass is 32.1. The van der Waals surface area contributed by atoms with E-state index in [0.717, 1.165) is 11.4 Å². The average Bonchev–Trinajstić information content (AvgIpc) is 2.49. The molecule has 0 unspecified atom stereocenters. The molecule has 0 aliphatic rings. The Kier molecular flexibility index (Phi) is 5.27. The number of hydrogen-bond donors (Lipinski definition) is 2. The molecule has 116 valence electrons. The largest absolute Gasteiger partial charge is 0.362 e. The van der Waals surface area contributed by atoms with Crippen LogP contribution in [0.5, 0.6) is 0 Å². The molecule has 2 aromatic rings. The Morgan fingerprint density at radius 1 is 1.32 bits per heavy atom. The number of halogens is 1. The number of anilines is 2. The molecule has 0 saturated heterocycles. The first-order valence-corrected chi connectivity index (χ1v) is 7.30. The van der Waals surface area contributed by atoms with E-state index in [1.165, 1.54) is 6.07 Å². The molecule has 2 N–H and O–H groups in total. The third-order valence-corrected chi connectivity index (χ3v) is 3.41. The topological polar surface area (TPSA) is 40.2 Å². The summed E-state index contributed by atoms with van der Waals surface area (Å²) >= 11 is 5.24. The second-order valence-electron chi connectivity index (χ2n) is 5.15. The molecule has 0 aliphatic carbocycles. The Hall–Kier alpha value is -2.21. The van der Waals surface area contributed by atoms with Crippen molar-refractivity contribution in [2.45, 2.75) is 13.5 Å². The number of pyridine rings is 1. The van der Waals surface area contributed by atoms with Crippen molar-refractivity contribution in [3.63, 3.8) is 0 Å². The number of thiocarbonyl (C=S) groups is 1. The van der Waals surface area contributed by atoms with Gasteiger partial charge in [0, 0.05) is 38.1 Å². The molecule has 0 atom stereocenters. The van der Waals surface area contributed by atoms with Crippen LogP contribution in [0.3, 0.4) is 0 Å². The first-order chi connectivity index (χ1) is 10.5. The van der Waals surface area contributed by atoms with Crippen LogP contribution in [0.15, 0.2) is 36.5 Å². The molecule has 1 aromatic carbocycles. The van der Waals surface area contributed by atoms with Crippen molar-refractivity contribution in [1.82, 2.24) is 10.3 Å². The highest BCUT2D eigenvalue weighted by Crippen LogP contribution is 2.15. The lowest BCUT2D eigenvalue weighted by Crippen LogP contribution is -2.28. The standard InChI is InChI=1S/C16H19FN4S/c1-11-6-7-13(9-14(11)17)20-16(22)19-10-12-5-4-8-18-15(12)21(2)3/h4-9H,10H2,1-3H3,(H2,19,20,22). The molecule has 0 amide bonds. The predicted molar refractivity (Wildman–Crippen MR) is 92.8 cm³/mol. The molecule has 4 nitrogen and oxygen atoms in total. The Morgan fingerprint density at radius 2 is 2.09 bits per heavy atom. The predicted octanol–water partition coefficient (Wildman–Crippen LogP) is 3.08. The molecule has 0 aliphatic heterocycles. The van der Waals surface area contributed by atoms with Crippen LogP contribution in [0.1, 0.15) is 11.1 Å². The van der Waals surface area contributed by atoms with Gasteiger partial charge in [0.15, 0.2) is 5.11 Å².